The molecule has 248 valence electrons. The lowest BCUT2D eigenvalue weighted by atomic mass is 10.0. The number of nitrogens with zero attached hydrogens (tertiary/aromatic N) is 5. The number of aromatic nitrogens is 3. The van der Waals surface area contributed by atoms with Gasteiger partial charge in [0.1, 0.15) is 23.7 Å². The van der Waals surface area contributed by atoms with E-state index in [9.17, 15) is 14.4 Å². The topological polar surface area (TPSA) is 162 Å². The quantitative estimate of drug-likeness (QED) is 0.0491. The van der Waals surface area contributed by atoms with Gasteiger partial charge >= 0.3 is 5.97 Å². The van der Waals surface area contributed by atoms with Crippen molar-refractivity contribution < 1.29 is 24.0 Å². The molecular formula is C34H29N7O5S3. The Kier molecular flexibility index (Phi) is 10.8. The maximum atomic E-state index is 14.2. The maximum absolute atomic E-state index is 14.2. The van der Waals surface area contributed by atoms with Crippen LogP contribution < -0.4 is 11.1 Å². The first-order valence-corrected chi connectivity index (χ1v) is 17.6. The molecule has 0 bridgehead atoms. The van der Waals surface area contributed by atoms with Crippen molar-refractivity contribution in [1.82, 2.24) is 24.6 Å². The van der Waals surface area contributed by atoms with Crippen molar-refractivity contribution in [1.29, 1.82) is 0 Å². The lowest BCUT2D eigenvalue weighted by Gasteiger charge is -2.49. The second kappa shape index (κ2) is 15.8. The third kappa shape index (κ3) is 7.74. The Balaban J connectivity index is 1.28. The number of oxime groups is 1. The fourth-order valence-corrected chi connectivity index (χ4v) is 7.73. The fraction of sp³-hybridized carbons (Fsp3) is 0.147. The van der Waals surface area contributed by atoms with Gasteiger partial charge in [0.2, 0.25) is 11.5 Å². The number of nitrogens with two attached hydrogens (primary N) is 1. The van der Waals surface area contributed by atoms with Crippen molar-refractivity contribution in [2.24, 2.45) is 5.16 Å². The molecule has 2 aromatic heterocycles. The van der Waals surface area contributed by atoms with E-state index in [1.807, 2.05) is 90.3 Å². The Hall–Kier alpha value is -5.25. The number of nitrogens with one attached hydrogen (secondary N) is 1. The number of benzene rings is 2. The smallest absolute Gasteiger partial charge is 0.356 e. The van der Waals surface area contributed by atoms with Crippen LogP contribution in [0.4, 0.5) is 5.13 Å². The summed E-state index contributed by atoms with van der Waals surface area (Å²) in [6.45, 7) is 3.60. The van der Waals surface area contributed by atoms with E-state index in [0.29, 0.717) is 10.7 Å². The number of rotatable bonds is 13. The number of thioether (sulfide) groups is 2. The number of esters is 1. The van der Waals surface area contributed by atoms with Crippen LogP contribution in [0.3, 0.4) is 0 Å². The van der Waals surface area contributed by atoms with Crippen molar-refractivity contribution in [3.05, 3.63) is 136 Å². The first-order chi connectivity index (χ1) is 23.9. The van der Waals surface area contributed by atoms with Gasteiger partial charge in [-0.1, -0.05) is 96.3 Å². The molecule has 12 nitrogen and oxygen atoms in total. The molecular weight excluding hydrogens is 683 g/mol. The lowest BCUT2D eigenvalue weighted by Crippen LogP contribution is -2.71. The van der Waals surface area contributed by atoms with Crippen LogP contribution in [0, 0.1) is 0 Å². The number of carbonyl (C=O) groups is 3. The average molecular weight is 712 g/mol. The molecule has 4 aromatic rings. The van der Waals surface area contributed by atoms with Gasteiger partial charge in [0.15, 0.2) is 11.2 Å². The lowest BCUT2D eigenvalue weighted by molar-refractivity contribution is -0.154. The number of hydrogen-bond donors (Lipinski definition) is 2. The molecule has 0 spiro atoms. The van der Waals surface area contributed by atoms with Crippen molar-refractivity contribution in [3.8, 4) is 0 Å². The van der Waals surface area contributed by atoms with Gasteiger partial charge in [0.05, 0.1) is 5.69 Å². The van der Waals surface area contributed by atoms with E-state index in [1.54, 1.807) is 6.20 Å². The molecule has 2 unspecified atom stereocenters. The fourth-order valence-electron chi connectivity index (χ4n) is 4.96. The molecule has 0 aliphatic carbocycles. The van der Waals surface area contributed by atoms with E-state index in [0.717, 1.165) is 28.4 Å². The standard InChI is InChI=1S/C34H29N7O5S3/c1-2-18-45-39-25(29-38-34(35)49-40-29)30(42)37-26-31(43)41-27(24(20-48-32(26)41)47-19-16-23-15-9-10-17-36-23)33(44)46-28(21-11-5-3-6-12-21)22-13-7-4-8-14-22/h2-17,19,26,28,32H,1,18,20H2,(H,37,42)(H2,35,38,40)/b19-16-,39-25+. The van der Waals surface area contributed by atoms with Crippen LogP contribution in [0.15, 0.2) is 119 Å². The third-order valence-corrected chi connectivity index (χ3v) is 10.1. The molecule has 1 fully saturated rings. The van der Waals surface area contributed by atoms with Gasteiger partial charge in [0.25, 0.3) is 11.8 Å². The summed E-state index contributed by atoms with van der Waals surface area (Å²) in [5.74, 6) is -1.56. The zero-order chi connectivity index (χ0) is 34.2. The normalized spacial score (nSPS) is 17.4. The van der Waals surface area contributed by atoms with Crippen molar-refractivity contribution in [2.75, 3.05) is 18.1 Å². The van der Waals surface area contributed by atoms with E-state index in [4.69, 9.17) is 15.3 Å². The second-order valence-electron chi connectivity index (χ2n) is 10.4. The zero-order valence-corrected chi connectivity index (χ0v) is 28.2. The van der Waals surface area contributed by atoms with Gasteiger partial charge in [0, 0.05) is 28.4 Å². The summed E-state index contributed by atoms with van der Waals surface area (Å²) in [5, 5.41) is 7.95. The van der Waals surface area contributed by atoms with E-state index in [-0.39, 0.29) is 29.0 Å². The first-order valence-electron chi connectivity index (χ1n) is 14.9. The molecule has 6 rings (SSSR count). The number of ether oxygens (including phenoxy) is 1. The number of amides is 2. The van der Waals surface area contributed by atoms with E-state index in [2.05, 4.69) is 31.4 Å². The van der Waals surface area contributed by atoms with Gasteiger partial charge in [-0.2, -0.15) is 9.36 Å². The highest BCUT2D eigenvalue weighted by atomic mass is 32.2. The first kappa shape index (κ1) is 33.6. The highest BCUT2D eigenvalue weighted by Gasteiger charge is 2.55. The molecule has 4 heterocycles. The number of carbonyl (C=O) groups excluding carboxylic acids is 3. The SMILES string of the molecule is C=CCO/N=C(/C(=O)NC1C(=O)N2C(C(=O)OC(c3ccccc3)c3ccccc3)=C(S/C=C\c3ccccn3)CSC12)c1nsc(N)n1. The molecule has 0 saturated carbocycles. The molecule has 2 aliphatic heterocycles. The van der Waals surface area contributed by atoms with E-state index < -0.39 is 35.3 Å². The van der Waals surface area contributed by atoms with Gasteiger partial charge in [-0.3, -0.25) is 19.5 Å². The molecule has 15 heteroatoms. The Morgan fingerprint density at radius 3 is 2.45 bits per heavy atom. The number of β-lactam (4-membered cyclic amide) rings is 1. The maximum Gasteiger partial charge on any atom is 0.356 e. The van der Waals surface area contributed by atoms with Crippen molar-refractivity contribution in [3.63, 3.8) is 0 Å². The number of hydrogen-bond acceptors (Lipinski definition) is 13. The van der Waals surface area contributed by atoms with Gasteiger partial charge in [-0.15, -0.1) is 11.8 Å². The van der Waals surface area contributed by atoms with Crippen LogP contribution in [0.2, 0.25) is 0 Å². The average Bonchev–Trinajstić information content (AvgIpc) is 3.57. The Bertz CT molecular complexity index is 1880. The van der Waals surface area contributed by atoms with Crippen LogP contribution in [0.25, 0.3) is 6.08 Å². The van der Waals surface area contributed by atoms with Crippen LogP contribution in [0.5, 0.6) is 0 Å². The van der Waals surface area contributed by atoms with Crippen LogP contribution >= 0.6 is 35.1 Å². The minimum atomic E-state index is -0.976. The summed E-state index contributed by atoms with van der Waals surface area (Å²) in [6.07, 6.45) is 4.24. The number of fused-ring (bicyclic) bond motifs is 1. The largest absolute Gasteiger partial charge is 0.448 e. The molecule has 2 aromatic carbocycles. The summed E-state index contributed by atoms with van der Waals surface area (Å²) < 4.78 is 10.3. The highest BCUT2D eigenvalue weighted by Crippen LogP contribution is 2.45. The van der Waals surface area contributed by atoms with E-state index in [1.165, 1.54) is 34.5 Å². The predicted octanol–water partition coefficient (Wildman–Crippen LogP) is 4.77. The molecule has 0 radical (unpaired) electrons. The Labute approximate surface area is 294 Å². The predicted molar refractivity (Wildman–Crippen MR) is 191 cm³/mol. The number of pyridine rings is 1. The van der Waals surface area contributed by atoms with Crippen LogP contribution in [-0.4, -0.2) is 66.5 Å². The van der Waals surface area contributed by atoms with Crippen molar-refractivity contribution in [2.45, 2.75) is 17.5 Å². The summed E-state index contributed by atoms with van der Waals surface area (Å²) in [5.41, 5.74) is 7.88. The van der Waals surface area contributed by atoms with Gasteiger partial charge < -0.3 is 20.6 Å². The molecule has 1 saturated heterocycles. The Morgan fingerprint density at radius 2 is 1.82 bits per heavy atom. The monoisotopic (exact) mass is 711 g/mol. The highest BCUT2D eigenvalue weighted by molar-refractivity contribution is 8.08. The molecule has 3 N–H and O–H groups in total. The van der Waals surface area contributed by atoms with Crippen molar-refractivity contribution >= 4 is 69.8 Å². The van der Waals surface area contributed by atoms with Crippen LogP contribution in [0.1, 0.15) is 28.7 Å². The van der Waals surface area contributed by atoms with Crippen LogP contribution in [-0.2, 0) is 24.0 Å². The molecule has 2 amide bonds. The minimum absolute atomic E-state index is 0.0312. The second-order valence-corrected chi connectivity index (χ2v) is 13.3. The summed E-state index contributed by atoms with van der Waals surface area (Å²) in [7, 11) is 0. The molecule has 2 atom stereocenters. The summed E-state index contributed by atoms with van der Waals surface area (Å²) in [6, 6.07) is 23.4. The minimum Gasteiger partial charge on any atom is -0.448 e. The van der Waals surface area contributed by atoms with E-state index >= 15 is 0 Å². The molecule has 2 aliphatic rings. The summed E-state index contributed by atoms with van der Waals surface area (Å²) >= 11 is 3.60. The Morgan fingerprint density at radius 1 is 1.10 bits per heavy atom. The zero-order valence-electron chi connectivity index (χ0n) is 25.7. The third-order valence-electron chi connectivity index (χ3n) is 7.20. The summed E-state index contributed by atoms with van der Waals surface area (Å²) in [4.78, 5) is 57.0. The van der Waals surface area contributed by atoms with Gasteiger partial charge in [-0.25, -0.2) is 4.79 Å². The number of nitrogen functional groups attached to an aromatic ring is 1. The van der Waals surface area contributed by atoms with Gasteiger partial charge in [-0.05, 0) is 34.7 Å². The number of anilines is 1. The molecule has 49 heavy (non-hydrogen) atoms.